The largest absolute Gasteiger partial charge is 0.373 e. The van der Waals surface area contributed by atoms with E-state index in [0.29, 0.717) is 6.04 Å². The highest BCUT2D eigenvalue weighted by Gasteiger charge is 2.23. The first-order valence-corrected chi connectivity index (χ1v) is 7.60. The molecule has 0 amide bonds. The van der Waals surface area contributed by atoms with Gasteiger partial charge in [0.1, 0.15) is 18.0 Å². The Morgan fingerprint density at radius 2 is 2.25 bits per heavy atom. The number of hydrogen-bond donors (Lipinski definition) is 1. The lowest BCUT2D eigenvalue weighted by molar-refractivity contribution is 0.314. The minimum atomic E-state index is 0.641. The van der Waals surface area contributed by atoms with Crippen molar-refractivity contribution in [3.63, 3.8) is 0 Å². The van der Waals surface area contributed by atoms with Gasteiger partial charge in [-0.25, -0.2) is 9.97 Å². The van der Waals surface area contributed by atoms with Crippen LogP contribution in [0, 0.1) is 0 Å². The van der Waals surface area contributed by atoms with Crippen molar-refractivity contribution in [1.82, 2.24) is 14.9 Å². The molecule has 5 heteroatoms. The zero-order valence-corrected chi connectivity index (χ0v) is 13.2. The van der Waals surface area contributed by atoms with Gasteiger partial charge in [-0.1, -0.05) is 13.3 Å². The molecule has 0 saturated carbocycles. The molecule has 1 aromatic rings. The van der Waals surface area contributed by atoms with Crippen LogP contribution in [0.15, 0.2) is 6.33 Å². The van der Waals surface area contributed by atoms with Crippen LogP contribution in [0.5, 0.6) is 0 Å². The predicted molar refractivity (Wildman–Crippen MR) is 84.5 cm³/mol. The lowest BCUT2D eigenvalue weighted by Crippen LogP contribution is -2.37. The lowest BCUT2D eigenvalue weighted by Gasteiger charge is -2.28. The molecule has 1 unspecified atom stereocenters. The molecule has 1 saturated heterocycles. The number of likely N-dealkylation sites (N-methyl/N-ethyl adjacent to an activating group) is 2. The number of nitrogens with one attached hydrogen (secondary N) is 1. The number of aromatic nitrogens is 2. The molecule has 0 aromatic carbocycles. The maximum Gasteiger partial charge on any atom is 0.137 e. The van der Waals surface area contributed by atoms with Gasteiger partial charge in [0.15, 0.2) is 0 Å². The fourth-order valence-corrected chi connectivity index (χ4v) is 3.04. The van der Waals surface area contributed by atoms with Crippen molar-refractivity contribution in [3.8, 4) is 0 Å². The highest BCUT2D eigenvalue weighted by Crippen LogP contribution is 2.25. The van der Waals surface area contributed by atoms with Crippen molar-refractivity contribution in [1.29, 1.82) is 0 Å². The van der Waals surface area contributed by atoms with E-state index in [0.717, 1.165) is 31.0 Å². The highest BCUT2D eigenvalue weighted by atomic mass is 15.2. The summed E-state index contributed by atoms with van der Waals surface area (Å²) in [6.07, 6.45) is 6.37. The summed E-state index contributed by atoms with van der Waals surface area (Å²) in [5, 5.41) is 3.19. The molecule has 0 aliphatic carbocycles. The van der Waals surface area contributed by atoms with Gasteiger partial charge in [-0.2, -0.15) is 0 Å². The van der Waals surface area contributed by atoms with Gasteiger partial charge >= 0.3 is 0 Å². The van der Waals surface area contributed by atoms with Crippen LogP contribution in [0.1, 0.15) is 31.7 Å². The van der Waals surface area contributed by atoms with Crippen molar-refractivity contribution < 1.29 is 0 Å². The van der Waals surface area contributed by atoms with E-state index in [2.05, 4.69) is 46.1 Å². The van der Waals surface area contributed by atoms with Gasteiger partial charge in [0.2, 0.25) is 0 Å². The Morgan fingerprint density at radius 1 is 1.45 bits per heavy atom. The van der Waals surface area contributed by atoms with Gasteiger partial charge < -0.3 is 15.1 Å². The molecule has 0 spiro atoms. The summed E-state index contributed by atoms with van der Waals surface area (Å²) in [5.41, 5.74) is 1.24. The summed E-state index contributed by atoms with van der Waals surface area (Å²) >= 11 is 0. The molecular weight excluding hydrogens is 250 g/mol. The van der Waals surface area contributed by atoms with E-state index < -0.39 is 0 Å². The monoisotopic (exact) mass is 277 g/mol. The Kier molecular flexibility index (Phi) is 5.17. The van der Waals surface area contributed by atoms with Crippen molar-refractivity contribution in [3.05, 3.63) is 11.9 Å². The molecule has 0 bridgehead atoms. The Morgan fingerprint density at radius 3 is 2.85 bits per heavy atom. The van der Waals surface area contributed by atoms with E-state index in [9.17, 15) is 0 Å². The van der Waals surface area contributed by atoms with E-state index in [4.69, 9.17) is 0 Å². The average molecular weight is 277 g/mol. The van der Waals surface area contributed by atoms with Gasteiger partial charge in [0.05, 0.1) is 0 Å². The molecule has 5 nitrogen and oxygen atoms in total. The summed E-state index contributed by atoms with van der Waals surface area (Å²) in [4.78, 5) is 13.6. The number of rotatable bonds is 6. The van der Waals surface area contributed by atoms with Crippen molar-refractivity contribution in [2.24, 2.45) is 0 Å². The van der Waals surface area contributed by atoms with Gasteiger partial charge in [-0.15, -0.1) is 0 Å². The molecule has 112 valence electrons. The Balaban J connectivity index is 2.17. The second-order valence-corrected chi connectivity index (χ2v) is 5.68. The SMILES string of the molecule is CCCc1c(NC)ncnc1N(C)CC1CCCN1C. The fraction of sp³-hybridized carbons (Fsp3) is 0.733. The number of likely N-dealkylation sites (tertiary alicyclic amines) is 1. The van der Waals surface area contributed by atoms with E-state index in [1.165, 1.54) is 24.9 Å². The molecule has 1 aromatic heterocycles. The molecule has 1 aliphatic heterocycles. The van der Waals surface area contributed by atoms with Crippen molar-refractivity contribution in [2.45, 2.75) is 38.6 Å². The quantitative estimate of drug-likeness (QED) is 0.861. The Hall–Kier alpha value is -1.36. The zero-order chi connectivity index (χ0) is 14.5. The van der Waals surface area contributed by atoms with Gasteiger partial charge in [-0.3, -0.25) is 0 Å². The Labute approximate surface area is 122 Å². The molecule has 2 heterocycles. The standard InChI is InChI=1S/C15H27N5/c1-5-7-13-14(16-2)17-11-18-15(13)20(4)10-12-8-6-9-19(12)3/h11-12H,5-10H2,1-4H3,(H,16,17,18). The molecule has 1 atom stereocenters. The maximum atomic E-state index is 4.53. The first kappa shape index (κ1) is 15.0. The van der Waals surface area contributed by atoms with E-state index in [1.807, 2.05) is 7.05 Å². The average Bonchev–Trinajstić information content (AvgIpc) is 2.84. The van der Waals surface area contributed by atoms with Crippen LogP contribution in [0.4, 0.5) is 11.6 Å². The second kappa shape index (κ2) is 6.88. The van der Waals surface area contributed by atoms with E-state index in [1.54, 1.807) is 6.33 Å². The van der Waals surface area contributed by atoms with E-state index in [-0.39, 0.29) is 0 Å². The van der Waals surface area contributed by atoms with Crippen LogP contribution in [0.25, 0.3) is 0 Å². The third-order valence-electron chi connectivity index (χ3n) is 4.18. The molecule has 2 rings (SSSR count). The normalized spacial score (nSPS) is 19.3. The third kappa shape index (κ3) is 3.20. The molecule has 1 fully saturated rings. The summed E-state index contributed by atoms with van der Waals surface area (Å²) in [6.45, 7) is 4.44. The topological polar surface area (TPSA) is 44.3 Å². The zero-order valence-electron chi connectivity index (χ0n) is 13.2. The summed E-state index contributed by atoms with van der Waals surface area (Å²) < 4.78 is 0. The van der Waals surface area contributed by atoms with E-state index >= 15 is 0 Å². The summed E-state index contributed by atoms with van der Waals surface area (Å²) in [5.74, 6) is 2.04. The lowest BCUT2D eigenvalue weighted by atomic mass is 10.1. The molecule has 1 aliphatic rings. The molecule has 20 heavy (non-hydrogen) atoms. The third-order valence-corrected chi connectivity index (χ3v) is 4.18. The number of hydrogen-bond acceptors (Lipinski definition) is 5. The summed E-state index contributed by atoms with van der Waals surface area (Å²) in [6, 6.07) is 0.641. The van der Waals surface area contributed by atoms with Crippen LogP contribution < -0.4 is 10.2 Å². The van der Waals surface area contributed by atoms with Crippen LogP contribution in [-0.2, 0) is 6.42 Å². The molecular formula is C15H27N5. The fourth-order valence-electron chi connectivity index (χ4n) is 3.04. The van der Waals surface area contributed by atoms with Crippen molar-refractivity contribution in [2.75, 3.05) is 44.4 Å². The van der Waals surface area contributed by atoms with Crippen molar-refractivity contribution >= 4 is 11.6 Å². The predicted octanol–water partition coefficient (Wildman–Crippen LogP) is 2.00. The van der Waals surface area contributed by atoms with Crippen LogP contribution in [0.2, 0.25) is 0 Å². The van der Waals surface area contributed by atoms with Gasteiger partial charge in [0.25, 0.3) is 0 Å². The number of nitrogens with zero attached hydrogens (tertiary/aromatic N) is 4. The Bertz CT molecular complexity index is 434. The molecule has 1 N–H and O–H groups in total. The molecule has 0 radical (unpaired) electrons. The van der Waals surface area contributed by atoms with Crippen LogP contribution in [0.3, 0.4) is 0 Å². The maximum absolute atomic E-state index is 4.53. The first-order valence-electron chi connectivity index (χ1n) is 7.60. The van der Waals surface area contributed by atoms with Gasteiger partial charge in [-0.05, 0) is 32.9 Å². The van der Waals surface area contributed by atoms with Gasteiger partial charge in [0, 0.05) is 32.2 Å². The number of anilines is 2. The minimum absolute atomic E-state index is 0.641. The summed E-state index contributed by atoms with van der Waals surface area (Å²) in [7, 11) is 6.29. The first-order chi connectivity index (χ1) is 9.67. The smallest absolute Gasteiger partial charge is 0.137 e. The second-order valence-electron chi connectivity index (χ2n) is 5.68. The van der Waals surface area contributed by atoms with Crippen LogP contribution in [-0.4, -0.2) is 55.1 Å². The highest BCUT2D eigenvalue weighted by molar-refractivity contribution is 5.58. The van der Waals surface area contributed by atoms with Crippen LogP contribution >= 0.6 is 0 Å². The minimum Gasteiger partial charge on any atom is -0.373 e.